The fourth-order valence-corrected chi connectivity index (χ4v) is 4.62. The lowest BCUT2D eigenvalue weighted by Crippen LogP contribution is -2.39. The van der Waals surface area contributed by atoms with Crippen LogP contribution >= 0.6 is 0 Å². The molecule has 1 aliphatic rings. The molecule has 3 heterocycles. The normalized spacial score (nSPS) is 15.0. The number of nitrogens with zero attached hydrogens (tertiary/aromatic N) is 5. The van der Waals surface area contributed by atoms with Crippen LogP contribution < -0.4 is 0 Å². The van der Waals surface area contributed by atoms with Crippen LogP contribution in [0.2, 0.25) is 0 Å². The summed E-state index contributed by atoms with van der Waals surface area (Å²) < 4.78 is 4.17. The Morgan fingerprint density at radius 2 is 1.71 bits per heavy atom. The van der Waals surface area contributed by atoms with Gasteiger partial charge in [0.1, 0.15) is 5.82 Å². The second kappa shape index (κ2) is 8.02. The summed E-state index contributed by atoms with van der Waals surface area (Å²) in [5, 5.41) is 4.46. The summed E-state index contributed by atoms with van der Waals surface area (Å²) in [7, 11) is 0. The molecular weight excluding hydrogens is 386 g/mol. The smallest absolute Gasteiger partial charge is 0.257 e. The van der Waals surface area contributed by atoms with Crippen LogP contribution in [0.3, 0.4) is 0 Å². The van der Waals surface area contributed by atoms with Crippen LogP contribution in [0, 0.1) is 19.8 Å². The summed E-state index contributed by atoms with van der Waals surface area (Å²) in [6.45, 7) is 6.56. The minimum absolute atomic E-state index is 0.0855. The average Bonchev–Trinajstić information content (AvgIpc) is 3.34. The molecule has 4 aromatic rings. The van der Waals surface area contributed by atoms with Crippen LogP contribution in [-0.2, 0) is 6.54 Å². The standard InChI is InChI=1S/C25H27N5O/c1-18-22(16-26-30(18)21-8-4-3-5-9-21)25(31)28-14-12-20(13-15-28)17-29-19(2)27-23-10-6-7-11-24(23)29/h3-11,16,20H,12-15,17H2,1-2H3. The number of fused-ring (bicyclic) bond motifs is 1. The topological polar surface area (TPSA) is 56.0 Å². The predicted octanol–water partition coefficient (Wildman–Crippen LogP) is 4.39. The molecule has 1 aliphatic heterocycles. The number of carbonyl (C=O) groups excluding carboxylic acids is 1. The fraction of sp³-hybridized carbons (Fsp3) is 0.320. The molecule has 158 valence electrons. The maximum absolute atomic E-state index is 13.2. The summed E-state index contributed by atoms with van der Waals surface area (Å²) >= 11 is 0. The summed E-state index contributed by atoms with van der Waals surface area (Å²) in [6.07, 6.45) is 3.71. The van der Waals surface area contributed by atoms with E-state index in [1.54, 1.807) is 6.20 Å². The molecule has 0 bridgehead atoms. The number of rotatable bonds is 4. The molecule has 0 saturated carbocycles. The second-order valence-electron chi connectivity index (χ2n) is 8.38. The largest absolute Gasteiger partial charge is 0.339 e. The fourth-order valence-electron chi connectivity index (χ4n) is 4.62. The minimum atomic E-state index is 0.0855. The van der Waals surface area contributed by atoms with E-state index in [-0.39, 0.29) is 5.91 Å². The first kappa shape index (κ1) is 19.5. The van der Waals surface area contributed by atoms with Gasteiger partial charge < -0.3 is 9.47 Å². The molecular formula is C25H27N5O. The monoisotopic (exact) mass is 413 g/mol. The van der Waals surface area contributed by atoms with Crippen LogP contribution in [0.4, 0.5) is 0 Å². The summed E-state index contributed by atoms with van der Waals surface area (Å²) in [6, 6.07) is 18.3. The van der Waals surface area contributed by atoms with E-state index >= 15 is 0 Å². The molecule has 0 atom stereocenters. The van der Waals surface area contributed by atoms with E-state index in [0.29, 0.717) is 11.5 Å². The van der Waals surface area contributed by atoms with Gasteiger partial charge in [-0.05, 0) is 56.9 Å². The molecule has 0 aliphatic carbocycles. The Kier molecular flexibility index (Phi) is 5.06. The molecule has 0 unspecified atom stereocenters. The van der Waals surface area contributed by atoms with Gasteiger partial charge in [0.2, 0.25) is 0 Å². The van der Waals surface area contributed by atoms with Gasteiger partial charge in [-0.3, -0.25) is 4.79 Å². The lowest BCUT2D eigenvalue weighted by Gasteiger charge is -2.32. The van der Waals surface area contributed by atoms with Crippen molar-refractivity contribution in [2.24, 2.45) is 5.92 Å². The predicted molar refractivity (Wildman–Crippen MR) is 121 cm³/mol. The van der Waals surface area contributed by atoms with Gasteiger partial charge in [-0.2, -0.15) is 5.10 Å². The molecule has 1 fully saturated rings. The zero-order valence-electron chi connectivity index (χ0n) is 18.0. The highest BCUT2D eigenvalue weighted by atomic mass is 16.2. The Balaban J connectivity index is 1.26. The minimum Gasteiger partial charge on any atom is -0.339 e. The highest BCUT2D eigenvalue weighted by Crippen LogP contribution is 2.25. The Morgan fingerprint density at radius 1 is 1.00 bits per heavy atom. The first-order valence-electron chi connectivity index (χ1n) is 10.9. The number of imidazole rings is 1. The van der Waals surface area contributed by atoms with Gasteiger partial charge in [-0.1, -0.05) is 30.3 Å². The Labute approximate surface area is 182 Å². The summed E-state index contributed by atoms with van der Waals surface area (Å²) in [5.74, 6) is 1.69. The maximum atomic E-state index is 13.2. The average molecular weight is 414 g/mol. The van der Waals surface area contributed by atoms with Crippen LogP contribution in [-0.4, -0.2) is 43.2 Å². The van der Waals surface area contributed by atoms with Crippen molar-refractivity contribution in [1.82, 2.24) is 24.2 Å². The molecule has 0 spiro atoms. The number of para-hydroxylation sites is 3. The molecule has 1 amide bonds. The third kappa shape index (κ3) is 3.63. The van der Waals surface area contributed by atoms with Gasteiger partial charge >= 0.3 is 0 Å². The number of amides is 1. The highest BCUT2D eigenvalue weighted by molar-refractivity contribution is 5.95. The van der Waals surface area contributed by atoms with Crippen molar-refractivity contribution in [1.29, 1.82) is 0 Å². The van der Waals surface area contributed by atoms with Crippen LogP contribution in [0.25, 0.3) is 16.7 Å². The first-order valence-corrected chi connectivity index (χ1v) is 10.9. The third-order valence-electron chi connectivity index (χ3n) is 6.43. The second-order valence-corrected chi connectivity index (χ2v) is 8.38. The van der Waals surface area contributed by atoms with E-state index in [0.717, 1.165) is 55.2 Å². The summed E-state index contributed by atoms with van der Waals surface area (Å²) in [5.41, 5.74) is 4.80. The van der Waals surface area contributed by atoms with Crippen molar-refractivity contribution >= 4 is 16.9 Å². The number of hydrogen-bond donors (Lipinski definition) is 0. The maximum Gasteiger partial charge on any atom is 0.257 e. The zero-order valence-corrected chi connectivity index (χ0v) is 18.0. The number of piperidine rings is 1. The molecule has 2 aromatic heterocycles. The number of aromatic nitrogens is 4. The molecule has 1 saturated heterocycles. The molecule has 31 heavy (non-hydrogen) atoms. The number of hydrogen-bond acceptors (Lipinski definition) is 3. The first-order chi connectivity index (χ1) is 15.1. The van der Waals surface area contributed by atoms with Crippen molar-refractivity contribution < 1.29 is 4.79 Å². The van der Waals surface area contributed by atoms with E-state index in [2.05, 4.69) is 39.8 Å². The number of aryl methyl sites for hydroxylation is 1. The van der Waals surface area contributed by atoms with Crippen molar-refractivity contribution in [2.45, 2.75) is 33.2 Å². The van der Waals surface area contributed by atoms with Gasteiger partial charge in [-0.15, -0.1) is 0 Å². The SMILES string of the molecule is Cc1c(C(=O)N2CCC(Cn3c(C)nc4ccccc43)CC2)cnn1-c1ccccc1. The van der Waals surface area contributed by atoms with Gasteiger partial charge in [0, 0.05) is 19.6 Å². The van der Waals surface area contributed by atoms with E-state index in [1.165, 1.54) is 5.52 Å². The number of likely N-dealkylation sites (tertiary alicyclic amines) is 1. The van der Waals surface area contributed by atoms with Crippen molar-refractivity contribution in [3.05, 3.63) is 77.9 Å². The third-order valence-corrected chi connectivity index (χ3v) is 6.43. The van der Waals surface area contributed by atoms with Gasteiger partial charge in [0.15, 0.2) is 0 Å². The zero-order chi connectivity index (χ0) is 21.4. The van der Waals surface area contributed by atoms with Gasteiger partial charge in [-0.25, -0.2) is 9.67 Å². The van der Waals surface area contributed by atoms with Gasteiger partial charge in [0.05, 0.1) is 34.2 Å². The van der Waals surface area contributed by atoms with Crippen LogP contribution in [0.5, 0.6) is 0 Å². The quantitative estimate of drug-likeness (QED) is 0.499. The molecule has 0 radical (unpaired) electrons. The van der Waals surface area contributed by atoms with E-state index in [1.807, 2.05) is 52.9 Å². The lowest BCUT2D eigenvalue weighted by molar-refractivity contribution is 0.0682. The highest BCUT2D eigenvalue weighted by Gasteiger charge is 2.27. The van der Waals surface area contributed by atoms with Crippen LogP contribution in [0.1, 0.15) is 34.7 Å². The number of benzene rings is 2. The molecule has 2 aromatic carbocycles. The Bertz CT molecular complexity index is 1220. The lowest BCUT2D eigenvalue weighted by atomic mass is 9.96. The van der Waals surface area contributed by atoms with Crippen molar-refractivity contribution in [2.75, 3.05) is 13.1 Å². The van der Waals surface area contributed by atoms with Gasteiger partial charge in [0.25, 0.3) is 5.91 Å². The number of carbonyl (C=O) groups is 1. The molecule has 6 heteroatoms. The molecule has 0 N–H and O–H groups in total. The van der Waals surface area contributed by atoms with Crippen molar-refractivity contribution in [3.8, 4) is 5.69 Å². The molecule has 5 rings (SSSR count). The summed E-state index contributed by atoms with van der Waals surface area (Å²) in [4.78, 5) is 19.8. The molecule has 6 nitrogen and oxygen atoms in total. The van der Waals surface area contributed by atoms with Crippen LogP contribution in [0.15, 0.2) is 60.8 Å². The van der Waals surface area contributed by atoms with E-state index in [9.17, 15) is 4.79 Å². The van der Waals surface area contributed by atoms with E-state index in [4.69, 9.17) is 0 Å². The van der Waals surface area contributed by atoms with E-state index < -0.39 is 0 Å². The van der Waals surface area contributed by atoms with Crippen molar-refractivity contribution in [3.63, 3.8) is 0 Å². The Hall–Kier alpha value is -3.41. The Morgan fingerprint density at radius 3 is 2.48 bits per heavy atom.